The SMILES string of the molecule is CCN(N)C(CNCCN)N1CCNCC1. The molecule has 1 rings (SSSR count). The molecule has 1 aliphatic rings. The summed E-state index contributed by atoms with van der Waals surface area (Å²) in [6, 6.07) is 0. The molecule has 0 bridgehead atoms. The summed E-state index contributed by atoms with van der Waals surface area (Å²) in [5.74, 6) is 6.03. The van der Waals surface area contributed by atoms with E-state index >= 15 is 0 Å². The fraction of sp³-hybridized carbons (Fsp3) is 1.00. The number of hydrazine groups is 1. The quantitative estimate of drug-likeness (QED) is 0.229. The maximum Gasteiger partial charge on any atom is 0.0882 e. The number of piperazine rings is 1. The van der Waals surface area contributed by atoms with Gasteiger partial charge in [-0.1, -0.05) is 6.92 Å². The van der Waals surface area contributed by atoms with E-state index in [1.54, 1.807) is 0 Å². The van der Waals surface area contributed by atoms with Gasteiger partial charge in [-0.05, 0) is 0 Å². The van der Waals surface area contributed by atoms with Crippen LogP contribution in [0.15, 0.2) is 0 Å². The summed E-state index contributed by atoms with van der Waals surface area (Å²) in [4.78, 5) is 2.42. The monoisotopic (exact) mass is 230 g/mol. The highest BCUT2D eigenvalue weighted by molar-refractivity contribution is 4.77. The van der Waals surface area contributed by atoms with Crippen LogP contribution in [0.4, 0.5) is 0 Å². The first-order valence-corrected chi connectivity index (χ1v) is 6.16. The van der Waals surface area contributed by atoms with Crippen LogP contribution in [0.1, 0.15) is 6.92 Å². The molecule has 0 amide bonds. The minimum atomic E-state index is 0.277. The van der Waals surface area contributed by atoms with Gasteiger partial charge in [-0.25, -0.2) is 5.01 Å². The van der Waals surface area contributed by atoms with E-state index in [0.29, 0.717) is 6.54 Å². The van der Waals surface area contributed by atoms with E-state index in [1.165, 1.54) is 0 Å². The predicted octanol–water partition coefficient (Wildman–Crippen LogP) is -2.04. The van der Waals surface area contributed by atoms with Crippen LogP contribution < -0.4 is 22.2 Å². The van der Waals surface area contributed by atoms with Crippen molar-refractivity contribution >= 4 is 0 Å². The highest BCUT2D eigenvalue weighted by Crippen LogP contribution is 2.03. The molecule has 6 N–H and O–H groups in total. The van der Waals surface area contributed by atoms with Gasteiger partial charge in [-0.2, -0.15) is 0 Å². The van der Waals surface area contributed by atoms with Crippen molar-refractivity contribution in [3.05, 3.63) is 0 Å². The summed E-state index contributed by atoms with van der Waals surface area (Å²) in [6.45, 7) is 9.55. The van der Waals surface area contributed by atoms with Crippen molar-refractivity contribution in [2.24, 2.45) is 11.6 Å². The maximum atomic E-state index is 6.03. The molecule has 0 aromatic carbocycles. The highest BCUT2D eigenvalue weighted by Gasteiger charge is 2.23. The number of nitrogens with two attached hydrogens (primary N) is 2. The van der Waals surface area contributed by atoms with Crippen LogP contribution in [0.25, 0.3) is 0 Å². The zero-order chi connectivity index (χ0) is 11.8. The van der Waals surface area contributed by atoms with E-state index in [2.05, 4.69) is 22.5 Å². The van der Waals surface area contributed by atoms with E-state index in [-0.39, 0.29) is 6.17 Å². The number of nitrogens with one attached hydrogen (secondary N) is 2. The second-order valence-electron chi connectivity index (χ2n) is 4.09. The van der Waals surface area contributed by atoms with Crippen molar-refractivity contribution in [1.82, 2.24) is 20.5 Å². The fourth-order valence-corrected chi connectivity index (χ4v) is 1.98. The fourth-order valence-electron chi connectivity index (χ4n) is 1.98. The minimum Gasteiger partial charge on any atom is -0.329 e. The summed E-state index contributed by atoms with van der Waals surface area (Å²) < 4.78 is 0. The first-order chi connectivity index (χ1) is 7.79. The van der Waals surface area contributed by atoms with Crippen LogP contribution in [-0.4, -0.2) is 68.4 Å². The van der Waals surface area contributed by atoms with Gasteiger partial charge in [0.1, 0.15) is 0 Å². The van der Waals surface area contributed by atoms with Crippen LogP contribution in [0.2, 0.25) is 0 Å². The Labute approximate surface area is 98.3 Å². The molecule has 16 heavy (non-hydrogen) atoms. The van der Waals surface area contributed by atoms with E-state index in [9.17, 15) is 0 Å². The van der Waals surface area contributed by atoms with Gasteiger partial charge in [0.15, 0.2) is 0 Å². The predicted molar refractivity (Wildman–Crippen MR) is 66.7 cm³/mol. The molecular weight excluding hydrogens is 204 g/mol. The Kier molecular flexibility index (Phi) is 6.86. The molecule has 6 heteroatoms. The molecule has 1 unspecified atom stereocenters. The molecule has 1 fully saturated rings. The third kappa shape index (κ3) is 4.32. The molecule has 0 aromatic rings. The van der Waals surface area contributed by atoms with E-state index in [4.69, 9.17) is 11.6 Å². The zero-order valence-electron chi connectivity index (χ0n) is 10.3. The lowest BCUT2D eigenvalue weighted by Gasteiger charge is -2.39. The van der Waals surface area contributed by atoms with Gasteiger partial charge in [0.05, 0.1) is 6.17 Å². The molecule has 1 saturated heterocycles. The van der Waals surface area contributed by atoms with Crippen molar-refractivity contribution in [3.8, 4) is 0 Å². The summed E-state index contributed by atoms with van der Waals surface area (Å²) >= 11 is 0. The van der Waals surface area contributed by atoms with E-state index < -0.39 is 0 Å². The van der Waals surface area contributed by atoms with E-state index in [0.717, 1.165) is 45.8 Å². The lowest BCUT2D eigenvalue weighted by atomic mass is 10.3. The highest BCUT2D eigenvalue weighted by atomic mass is 15.5. The molecule has 1 heterocycles. The van der Waals surface area contributed by atoms with Gasteiger partial charge in [-0.3, -0.25) is 10.7 Å². The third-order valence-corrected chi connectivity index (χ3v) is 2.97. The molecule has 0 radical (unpaired) electrons. The van der Waals surface area contributed by atoms with Crippen molar-refractivity contribution < 1.29 is 0 Å². The second kappa shape index (κ2) is 7.94. The average molecular weight is 230 g/mol. The van der Waals surface area contributed by atoms with Gasteiger partial charge < -0.3 is 16.4 Å². The number of rotatable bonds is 7. The summed E-state index contributed by atoms with van der Waals surface area (Å²) in [7, 11) is 0. The Hall–Kier alpha value is -0.240. The topological polar surface area (TPSA) is 82.6 Å². The first kappa shape index (κ1) is 13.8. The zero-order valence-corrected chi connectivity index (χ0v) is 10.3. The molecule has 6 nitrogen and oxygen atoms in total. The molecule has 1 atom stereocenters. The molecule has 0 aromatic heterocycles. The molecule has 96 valence electrons. The summed E-state index contributed by atoms with van der Waals surface area (Å²) in [6.07, 6.45) is 0.277. The Bertz CT molecular complexity index is 171. The van der Waals surface area contributed by atoms with Gasteiger partial charge in [0.25, 0.3) is 0 Å². The van der Waals surface area contributed by atoms with E-state index in [1.807, 2.05) is 5.01 Å². The van der Waals surface area contributed by atoms with Crippen molar-refractivity contribution in [3.63, 3.8) is 0 Å². The number of hydrogen-bond donors (Lipinski definition) is 4. The average Bonchev–Trinajstić information content (AvgIpc) is 2.35. The van der Waals surface area contributed by atoms with Crippen LogP contribution >= 0.6 is 0 Å². The standard InChI is InChI=1S/C10H26N6/c1-2-16(12)10(9-14-4-3-11)15-7-5-13-6-8-15/h10,13-14H,2-9,11-12H2,1H3. The molecule has 0 spiro atoms. The van der Waals surface area contributed by atoms with Gasteiger partial charge in [-0.15, -0.1) is 0 Å². The first-order valence-electron chi connectivity index (χ1n) is 6.16. The van der Waals surface area contributed by atoms with Crippen LogP contribution in [0, 0.1) is 0 Å². The largest absolute Gasteiger partial charge is 0.329 e. The van der Waals surface area contributed by atoms with Crippen LogP contribution in [0.5, 0.6) is 0 Å². The van der Waals surface area contributed by atoms with Gasteiger partial charge in [0.2, 0.25) is 0 Å². The van der Waals surface area contributed by atoms with Gasteiger partial charge in [0, 0.05) is 52.4 Å². The summed E-state index contributed by atoms with van der Waals surface area (Å²) in [5, 5.41) is 8.59. The molecule has 0 aliphatic carbocycles. The Morgan fingerprint density at radius 3 is 2.69 bits per heavy atom. The summed E-state index contributed by atoms with van der Waals surface area (Å²) in [5.41, 5.74) is 5.47. The van der Waals surface area contributed by atoms with Gasteiger partial charge >= 0.3 is 0 Å². The molecular formula is C10H26N6. The Morgan fingerprint density at radius 2 is 2.12 bits per heavy atom. The minimum absolute atomic E-state index is 0.277. The normalized spacial score (nSPS) is 20.2. The number of likely N-dealkylation sites (N-methyl/N-ethyl adjacent to an activating group) is 1. The van der Waals surface area contributed by atoms with Crippen molar-refractivity contribution in [2.75, 3.05) is 52.4 Å². The third-order valence-electron chi connectivity index (χ3n) is 2.97. The number of nitrogens with zero attached hydrogens (tertiary/aromatic N) is 2. The van der Waals surface area contributed by atoms with Crippen LogP contribution in [0.3, 0.4) is 0 Å². The number of hydrogen-bond acceptors (Lipinski definition) is 6. The Balaban J connectivity index is 2.41. The lowest BCUT2D eigenvalue weighted by Crippen LogP contribution is -2.60. The molecule has 1 aliphatic heterocycles. The van der Waals surface area contributed by atoms with Crippen molar-refractivity contribution in [1.29, 1.82) is 0 Å². The maximum absolute atomic E-state index is 6.03. The molecule has 0 saturated carbocycles. The lowest BCUT2D eigenvalue weighted by molar-refractivity contribution is 0.0366. The second-order valence-corrected chi connectivity index (χ2v) is 4.09. The van der Waals surface area contributed by atoms with Crippen LogP contribution in [-0.2, 0) is 0 Å². The smallest absolute Gasteiger partial charge is 0.0882 e. The van der Waals surface area contributed by atoms with Crippen molar-refractivity contribution in [2.45, 2.75) is 13.1 Å². The Morgan fingerprint density at radius 1 is 1.44 bits per heavy atom.